The molecule has 0 bridgehead atoms. The number of hydrogen-bond acceptors (Lipinski definition) is 3. The van der Waals surface area contributed by atoms with Gasteiger partial charge in [0.15, 0.2) is 0 Å². The number of piperidine rings is 1. The average Bonchev–Trinajstić information content (AvgIpc) is 2.38. The van der Waals surface area contributed by atoms with Crippen molar-refractivity contribution in [3.8, 4) is 0 Å². The summed E-state index contributed by atoms with van der Waals surface area (Å²) >= 11 is 0. The Morgan fingerprint density at radius 1 is 1.47 bits per heavy atom. The lowest BCUT2D eigenvalue weighted by Gasteiger charge is -2.35. The number of carbonyl (C=O) groups excluding carboxylic acids is 1. The molecular weight excluding hydrogens is 238 g/mol. The molecule has 4 nitrogen and oxygen atoms in total. The molecule has 0 aliphatic carbocycles. The van der Waals surface area contributed by atoms with Gasteiger partial charge in [-0.15, -0.1) is 0 Å². The summed E-state index contributed by atoms with van der Waals surface area (Å²) in [7, 11) is 2.16. The molecule has 3 N–H and O–H groups in total. The average molecular weight is 261 g/mol. The third-order valence-electron chi connectivity index (χ3n) is 3.95. The van der Waals surface area contributed by atoms with Crippen molar-refractivity contribution in [3.63, 3.8) is 0 Å². The number of likely N-dealkylation sites (tertiary alicyclic amines) is 1. The van der Waals surface area contributed by atoms with Crippen molar-refractivity contribution in [2.75, 3.05) is 20.1 Å². The lowest BCUT2D eigenvalue weighted by Crippen LogP contribution is -2.46. The highest BCUT2D eigenvalue weighted by Crippen LogP contribution is 2.16. The molecule has 1 amide bonds. The van der Waals surface area contributed by atoms with Gasteiger partial charge >= 0.3 is 0 Å². The first-order valence-corrected chi connectivity index (χ1v) is 6.87. The fraction of sp³-hybridized carbons (Fsp3) is 0.533. The Kier molecular flexibility index (Phi) is 4.56. The first-order valence-electron chi connectivity index (χ1n) is 6.87. The molecule has 4 heteroatoms. The van der Waals surface area contributed by atoms with Crippen molar-refractivity contribution < 1.29 is 4.79 Å². The Hall–Kier alpha value is -1.39. The predicted molar refractivity (Wildman–Crippen MR) is 76.9 cm³/mol. The molecule has 1 aromatic carbocycles. The summed E-state index contributed by atoms with van der Waals surface area (Å²) in [4.78, 5) is 13.7. The monoisotopic (exact) mass is 261 g/mol. The van der Waals surface area contributed by atoms with E-state index in [4.69, 9.17) is 5.73 Å². The summed E-state index contributed by atoms with van der Waals surface area (Å²) < 4.78 is 0. The molecule has 1 aliphatic rings. The van der Waals surface area contributed by atoms with E-state index in [2.05, 4.69) is 24.2 Å². The standard InChI is InChI=1S/C15H23N3O/c1-11-10-18(2)8-7-14(11)17-9-12-5-3-4-6-13(12)15(16)19/h3-6,11,14,17H,7-10H2,1-2H3,(H2,16,19). The highest BCUT2D eigenvalue weighted by atomic mass is 16.1. The van der Waals surface area contributed by atoms with Crippen LogP contribution in [0.15, 0.2) is 24.3 Å². The molecule has 104 valence electrons. The number of carbonyl (C=O) groups is 1. The summed E-state index contributed by atoms with van der Waals surface area (Å²) in [5, 5.41) is 3.57. The molecule has 0 spiro atoms. The molecular formula is C15H23N3O. The molecule has 19 heavy (non-hydrogen) atoms. The van der Waals surface area contributed by atoms with E-state index in [0.717, 1.165) is 25.1 Å². The Labute approximate surface area is 115 Å². The third kappa shape index (κ3) is 3.55. The van der Waals surface area contributed by atoms with Gasteiger partial charge in [-0.2, -0.15) is 0 Å². The smallest absolute Gasteiger partial charge is 0.249 e. The minimum atomic E-state index is -0.353. The molecule has 1 aromatic rings. The van der Waals surface area contributed by atoms with Crippen LogP contribution in [0.2, 0.25) is 0 Å². The number of nitrogens with one attached hydrogen (secondary N) is 1. The van der Waals surface area contributed by atoms with Crippen molar-refractivity contribution in [3.05, 3.63) is 35.4 Å². The van der Waals surface area contributed by atoms with Crippen molar-refractivity contribution in [1.29, 1.82) is 0 Å². The van der Waals surface area contributed by atoms with Gasteiger partial charge in [-0.1, -0.05) is 25.1 Å². The Morgan fingerprint density at radius 2 is 2.21 bits per heavy atom. The number of amides is 1. The molecule has 0 aromatic heterocycles. The van der Waals surface area contributed by atoms with Crippen molar-refractivity contribution in [2.24, 2.45) is 11.7 Å². The van der Waals surface area contributed by atoms with E-state index in [1.807, 2.05) is 18.2 Å². The molecule has 1 aliphatic heterocycles. The first kappa shape index (κ1) is 14.0. The van der Waals surface area contributed by atoms with Crippen LogP contribution >= 0.6 is 0 Å². The highest BCUT2D eigenvalue weighted by Gasteiger charge is 2.23. The molecule has 0 saturated carbocycles. The lowest BCUT2D eigenvalue weighted by atomic mass is 9.94. The number of benzene rings is 1. The van der Waals surface area contributed by atoms with Gasteiger partial charge < -0.3 is 16.0 Å². The van der Waals surface area contributed by atoms with Crippen LogP contribution in [0.25, 0.3) is 0 Å². The largest absolute Gasteiger partial charge is 0.366 e. The highest BCUT2D eigenvalue weighted by molar-refractivity contribution is 5.94. The summed E-state index contributed by atoms with van der Waals surface area (Å²) in [6, 6.07) is 8.06. The maximum absolute atomic E-state index is 11.4. The molecule has 1 fully saturated rings. The second-order valence-corrected chi connectivity index (χ2v) is 5.54. The minimum absolute atomic E-state index is 0.353. The van der Waals surface area contributed by atoms with Crippen LogP contribution in [-0.2, 0) is 6.54 Å². The number of nitrogens with zero attached hydrogens (tertiary/aromatic N) is 1. The van der Waals surface area contributed by atoms with Gasteiger partial charge in [0.2, 0.25) is 5.91 Å². The topological polar surface area (TPSA) is 58.4 Å². The normalized spacial score (nSPS) is 24.3. The van der Waals surface area contributed by atoms with Crippen LogP contribution in [-0.4, -0.2) is 37.0 Å². The van der Waals surface area contributed by atoms with Crippen LogP contribution in [0.4, 0.5) is 0 Å². The van der Waals surface area contributed by atoms with Gasteiger partial charge in [0, 0.05) is 24.7 Å². The van der Waals surface area contributed by atoms with E-state index in [1.165, 1.54) is 0 Å². The van der Waals surface area contributed by atoms with Gasteiger partial charge in [0.25, 0.3) is 0 Å². The van der Waals surface area contributed by atoms with E-state index in [-0.39, 0.29) is 5.91 Å². The third-order valence-corrected chi connectivity index (χ3v) is 3.95. The van der Waals surface area contributed by atoms with E-state index in [0.29, 0.717) is 24.1 Å². The number of hydrogen-bond donors (Lipinski definition) is 2. The molecule has 0 radical (unpaired) electrons. The zero-order chi connectivity index (χ0) is 13.8. The van der Waals surface area contributed by atoms with E-state index in [9.17, 15) is 4.79 Å². The maximum Gasteiger partial charge on any atom is 0.249 e. The Bertz CT molecular complexity index is 447. The summed E-state index contributed by atoms with van der Waals surface area (Å²) in [6.07, 6.45) is 1.15. The number of rotatable bonds is 4. The second-order valence-electron chi connectivity index (χ2n) is 5.54. The number of primary amides is 1. The van der Waals surface area contributed by atoms with Gasteiger partial charge in [-0.05, 0) is 37.6 Å². The summed E-state index contributed by atoms with van der Waals surface area (Å²) in [6.45, 7) is 5.22. The zero-order valence-corrected chi connectivity index (χ0v) is 11.7. The fourth-order valence-corrected chi connectivity index (χ4v) is 2.81. The van der Waals surface area contributed by atoms with Crippen LogP contribution in [0, 0.1) is 5.92 Å². The van der Waals surface area contributed by atoms with Crippen molar-refractivity contribution in [2.45, 2.75) is 25.9 Å². The predicted octanol–water partition coefficient (Wildman–Crippen LogP) is 1.22. The second kappa shape index (κ2) is 6.17. The first-order chi connectivity index (χ1) is 9.08. The van der Waals surface area contributed by atoms with Gasteiger partial charge in [-0.25, -0.2) is 0 Å². The van der Waals surface area contributed by atoms with E-state index >= 15 is 0 Å². The molecule has 1 saturated heterocycles. The molecule has 1 heterocycles. The van der Waals surface area contributed by atoms with Gasteiger partial charge in [0.1, 0.15) is 0 Å². The zero-order valence-electron chi connectivity index (χ0n) is 11.7. The van der Waals surface area contributed by atoms with E-state index < -0.39 is 0 Å². The Balaban J connectivity index is 1.97. The molecule has 2 rings (SSSR count). The van der Waals surface area contributed by atoms with Crippen LogP contribution < -0.4 is 11.1 Å². The summed E-state index contributed by atoms with van der Waals surface area (Å²) in [5.41, 5.74) is 7.00. The fourth-order valence-electron chi connectivity index (χ4n) is 2.81. The van der Waals surface area contributed by atoms with Gasteiger partial charge in [-0.3, -0.25) is 4.79 Å². The summed E-state index contributed by atoms with van der Waals surface area (Å²) in [5.74, 6) is 0.272. The van der Waals surface area contributed by atoms with Crippen LogP contribution in [0.1, 0.15) is 29.3 Å². The lowest BCUT2D eigenvalue weighted by molar-refractivity contribution is 0.0999. The van der Waals surface area contributed by atoms with E-state index in [1.54, 1.807) is 6.07 Å². The SMILES string of the molecule is CC1CN(C)CCC1NCc1ccccc1C(N)=O. The minimum Gasteiger partial charge on any atom is -0.366 e. The van der Waals surface area contributed by atoms with Gasteiger partial charge in [0.05, 0.1) is 0 Å². The quantitative estimate of drug-likeness (QED) is 0.856. The Morgan fingerprint density at radius 3 is 2.89 bits per heavy atom. The van der Waals surface area contributed by atoms with Crippen molar-refractivity contribution >= 4 is 5.91 Å². The van der Waals surface area contributed by atoms with Crippen LogP contribution in [0.3, 0.4) is 0 Å². The van der Waals surface area contributed by atoms with Crippen LogP contribution in [0.5, 0.6) is 0 Å². The maximum atomic E-state index is 11.4. The number of nitrogens with two attached hydrogens (primary N) is 1. The molecule has 2 atom stereocenters. The van der Waals surface area contributed by atoms with Crippen molar-refractivity contribution in [1.82, 2.24) is 10.2 Å². The molecule has 2 unspecified atom stereocenters.